The lowest BCUT2D eigenvalue weighted by atomic mass is 10.1. The zero-order chi connectivity index (χ0) is 22.4. The minimum atomic E-state index is -0.269. The van der Waals surface area contributed by atoms with E-state index in [1.165, 1.54) is 17.3 Å². The number of carbonyl (C=O) groups is 1. The summed E-state index contributed by atoms with van der Waals surface area (Å²) in [7, 11) is 0. The first-order valence-electron chi connectivity index (χ1n) is 10.3. The molecule has 1 unspecified atom stereocenters. The first-order valence-corrected chi connectivity index (χ1v) is 11.3. The van der Waals surface area contributed by atoms with Crippen LogP contribution >= 0.6 is 11.8 Å². The summed E-state index contributed by atoms with van der Waals surface area (Å²) in [6.07, 6.45) is 3.39. The molecule has 1 N–H and O–H groups in total. The zero-order valence-corrected chi connectivity index (χ0v) is 18.8. The van der Waals surface area contributed by atoms with Gasteiger partial charge in [-0.2, -0.15) is 5.10 Å². The van der Waals surface area contributed by atoms with Gasteiger partial charge >= 0.3 is 0 Å². The van der Waals surface area contributed by atoms with Gasteiger partial charge in [-0.3, -0.25) is 14.2 Å². The van der Waals surface area contributed by atoms with E-state index in [0.717, 1.165) is 16.8 Å². The second kappa shape index (κ2) is 7.90. The number of hydrogen-bond acceptors (Lipinski definition) is 6. The van der Waals surface area contributed by atoms with Crippen LogP contribution in [-0.4, -0.2) is 36.0 Å². The van der Waals surface area contributed by atoms with Gasteiger partial charge in [0.1, 0.15) is 11.2 Å². The minimum absolute atomic E-state index is 0.170. The maximum atomic E-state index is 13.3. The number of carbonyl (C=O) groups excluding carboxylic acids is 1. The van der Waals surface area contributed by atoms with Crippen LogP contribution in [0.25, 0.3) is 16.7 Å². The average Bonchev–Trinajstić information content (AvgIpc) is 3.35. The summed E-state index contributed by atoms with van der Waals surface area (Å²) in [5.41, 5.74) is 4.58. The number of aryl methyl sites for hydroxylation is 3. The highest BCUT2D eigenvalue weighted by atomic mass is 32.2. The van der Waals surface area contributed by atoms with Crippen LogP contribution in [0.15, 0.2) is 52.7 Å². The van der Waals surface area contributed by atoms with E-state index < -0.39 is 0 Å². The van der Waals surface area contributed by atoms with Crippen molar-refractivity contribution >= 4 is 34.5 Å². The molecule has 4 heterocycles. The normalized spacial score (nSPS) is 15.2. The molecule has 0 aliphatic carbocycles. The molecule has 1 aromatic carbocycles. The molecule has 8 nitrogen and oxygen atoms in total. The Morgan fingerprint density at radius 3 is 2.81 bits per heavy atom. The number of benzene rings is 1. The molecule has 0 saturated heterocycles. The number of hydrogen-bond donors (Lipinski definition) is 1. The van der Waals surface area contributed by atoms with Gasteiger partial charge < -0.3 is 5.32 Å². The molecule has 32 heavy (non-hydrogen) atoms. The van der Waals surface area contributed by atoms with Gasteiger partial charge in [0, 0.05) is 18.4 Å². The highest BCUT2D eigenvalue weighted by molar-refractivity contribution is 7.99. The molecule has 3 aromatic heterocycles. The molecule has 5 rings (SSSR count). The molecule has 9 heteroatoms. The third-order valence-electron chi connectivity index (χ3n) is 5.71. The molecular formula is C23H22N6O2S. The maximum Gasteiger partial charge on any atom is 0.265 e. The van der Waals surface area contributed by atoms with Crippen LogP contribution in [0.1, 0.15) is 29.2 Å². The Bertz CT molecular complexity index is 1420. The summed E-state index contributed by atoms with van der Waals surface area (Å²) in [5.74, 6) is 0.941. The van der Waals surface area contributed by atoms with Gasteiger partial charge in [0.2, 0.25) is 5.91 Å². The number of nitrogens with zero attached hydrogens (tertiary/aromatic N) is 5. The van der Waals surface area contributed by atoms with Crippen LogP contribution < -0.4 is 10.9 Å². The second-order valence-corrected chi connectivity index (χ2v) is 9.05. The quantitative estimate of drug-likeness (QED) is 0.482. The summed E-state index contributed by atoms with van der Waals surface area (Å²) in [4.78, 5) is 34.8. The Hall–Kier alpha value is -3.46. The first-order chi connectivity index (χ1) is 15.4. The van der Waals surface area contributed by atoms with Crippen LogP contribution in [-0.2, 0) is 4.79 Å². The fraction of sp³-hybridized carbons (Fsp3) is 0.261. The molecular weight excluding hydrogens is 424 g/mol. The Kier molecular flexibility index (Phi) is 5.05. The molecule has 1 aliphatic heterocycles. The van der Waals surface area contributed by atoms with E-state index in [2.05, 4.69) is 22.3 Å². The van der Waals surface area contributed by atoms with Crippen molar-refractivity contribution in [3.63, 3.8) is 0 Å². The fourth-order valence-corrected chi connectivity index (χ4v) is 4.97. The molecule has 0 radical (unpaired) electrons. The number of thioether (sulfide) groups is 1. The molecule has 0 saturated carbocycles. The van der Waals surface area contributed by atoms with E-state index in [4.69, 9.17) is 4.98 Å². The Balaban J connectivity index is 1.46. The second-order valence-electron chi connectivity index (χ2n) is 8.07. The van der Waals surface area contributed by atoms with Gasteiger partial charge in [-0.1, -0.05) is 17.8 Å². The van der Waals surface area contributed by atoms with Crippen LogP contribution in [0.4, 0.5) is 5.82 Å². The van der Waals surface area contributed by atoms with E-state index in [9.17, 15) is 9.59 Å². The zero-order valence-electron chi connectivity index (χ0n) is 18.0. The van der Waals surface area contributed by atoms with Gasteiger partial charge in [-0.05, 0) is 61.7 Å². The average molecular weight is 447 g/mol. The van der Waals surface area contributed by atoms with Crippen molar-refractivity contribution in [3.8, 4) is 5.69 Å². The Labute approximate surface area is 188 Å². The predicted molar refractivity (Wildman–Crippen MR) is 125 cm³/mol. The van der Waals surface area contributed by atoms with E-state index in [1.54, 1.807) is 21.6 Å². The largest absolute Gasteiger partial charge is 0.311 e. The van der Waals surface area contributed by atoms with Gasteiger partial charge in [0.25, 0.3) is 5.56 Å². The summed E-state index contributed by atoms with van der Waals surface area (Å²) in [5, 5.41) is 8.31. The van der Waals surface area contributed by atoms with Crippen molar-refractivity contribution in [1.82, 2.24) is 24.3 Å². The van der Waals surface area contributed by atoms with Crippen LogP contribution in [0.2, 0.25) is 0 Å². The SMILES string of the molecule is Cc1ccnc(NC(=O)CC2CSc3nc4c(cnn4-c4ccc(C)c(C)c4)c(=O)n32)c1. The molecule has 162 valence electrons. The van der Waals surface area contributed by atoms with Crippen molar-refractivity contribution < 1.29 is 4.79 Å². The third kappa shape index (κ3) is 3.58. The summed E-state index contributed by atoms with van der Waals surface area (Å²) < 4.78 is 3.33. The smallest absolute Gasteiger partial charge is 0.265 e. The summed E-state index contributed by atoms with van der Waals surface area (Å²) in [6.45, 7) is 6.04. The Morgan fingerprint density at radius 2 is 2.03 bits per heavy atom. The van der Waals surface area contributed by atoms with Crippen molar-refractivity contribution in [2.75, 3.05) is 11.1 Å². The number of fused-ring (bicyclic) bond motifs is 2. The molecule has 0 fully saturated rings. The first kappa shape index (κ1) is 20.4. The fourth-order valence-electron chi connectivity index (χ4n) is 3.84. The van der Waals surface area contributed by atoms with Crippen molar-refractivity contribution in [3.05, 3.63) is 69.8 Å². The highest BCUT2D eigenvalue weighted by Crippen LogP contribution is 2.33. The lowest BCUT2D eigenvalue weighted by Crippen LogP contribution is -2.28. The van der Waals surface area contributed by atoms with Crippen LogP contribution in [0, 0.1) is 20.8 Å². The van der Waals surface area contributed by atoms with Gasteiger partial charge in [-0.15, -0.1) is 0 Å². The maximum absolute atomic E-state index is 13.3. The number of rotatable bonds is 4. The number of pyridine rings is 1. The van der Waals surface area contributed by atoms with Gasteiger partial charge in [-0.25, -0.2) is 14.6 Å². The van der Waals surface area contributed by atoms with E-state index in [1.807, 2.05) is 44.2 Å². The molecule has 1 atom stereocenters. The van der Waals surface area contributed by atoms with E-state index in [0.29, 0.717) is 27.8 Å². The van der Waals surface area contributed by atoms with Crippen molar-refractivity contribution in [1.29, 1.82) is 0 Å². The summed E-state index contributed by atoms with van der Waals surface area (Å²) in [6, 6.07) is 9.45. The predicted octanol–water partition coefficient (Wildman–Crippen LogP) is 3.58. The number of aromatic nitrogens is 5. The topological polar surface area (TPSA) is 94.7 Å². The number of anilines is 1. The van der Waals surface area contributed by atoms with Crippen LogP contribution in [0.3, 0.4) is 0 Å². The Morgan fingerprint density at radius 1 is 1.19 bits per heavy atom. The monoisotopic (exact) mass is 446 g/mol. The van der Waals surface area contributed by atoms with E-state index >= 15 is 0 Å². The standard InChI is InChI=1S/C23H22N6O2S/c1-13-6-7-24-19(8-13)26-20(30)10-17-12-32-23-27-21-18(22(31)28(17)23)11-25-29(21)16-5-4-14(2)15(3)9-16/h4-9,11,17H,10,12H2,1-3H3,(H,24,26,30). The highest BCUT2D eigenvalue weighted by Gasteiger charge is 2.29. The molecule has 0 spiro atoms. The van der Waals surface area contributed by atoms with E-state index in [-0.39, 0.29) is 23.9 Å². The molecule has 0 bridgehead atoms. The van der Waals surface area contributed by atoms with Crippen molar-refractivity contribution in [2.45, 2.75) is 38.4 Å². The lowest BCUT2D eigenvalue weighted by Gasteiger charge is -2.13. The van der Waals surface area contributed by atoms with Gasteiger partial charge in [0.05, 0.1) is 17.9 Å². The van der Waals surface area contributed by atoms with Gasteiger partial charge in [0.15, 0.2) is 10.8 Å². The lowest BCUT2D eigenvalue weighted by molar-refractivity contribution is -0.116. The number of nitrogens with one attached hydrogen (secondary N) is 1. The number of amides is 1. The molecule has 1 aliphatic rings. The van der Waals surface area contributed by atoms with Crippen molar-refractivity contribution in [2.24, 2.45) is 0 Å². The third-order valence-corrected chi connectivity index (χ3v) is 6.81. The summed E-state index contributed by atoms with van der Waals surface area (Å²) >= 11 is 1.48. The minimum Gasteiger partial charge on any atom is -0.311 e. The van der Waals surface area contributed by atoms with Crippen LogP contribution in [0.5, 0.6) is 0 Å². The molecule has 4 aromatic rings. The molecule has 1 amide bonds.